The molecule has 2 aromatic carbocycles. The SMILES string of the molecule is CNC(=O)c1ccc(N)c(C(=N)Cc2ccc(NC)c(C=N)c2)c1. The summed E-state index contributed by atoms with van der Waals surface area (Å²) in [5.41, 5.74) is 10.3. The van der Waals surface area contributed by atoms with Crippen molar-refractivity contribution >= 4 is 29.2 Å². The summed E-state index contributed by atoms with van der Waals surface area (Å²) in [6, 6.07) is 10.6. The van der Waals surface area contributed by atoms with E-state index in [9.17, 15) is 4.79 Å². The minimum absolute atomic E-state index is 0.214. The maximum Gasteiger partial charge on any atom is 0.251 e. The summed E-state index contributed by atoms with van der Waals surface area (Å²) in [4.78, 5) is 11.8. The van der Waals surface area contributed by atoms with Crippen molar-refractivity contribution in [2.45, 2.75) is 6.42 Å². The van der Waals surface area contributed by atoms with E-state index in [1.165, 1.54) is 6.21 Å². The van der Waals surface area contributed by atoms with Gasteiger partial charge in [-0.3, -0.25) is 4.79 Å². The topological polar surface area (TPSA) is 115 Å². The van der Waals surface area contributed by atoms with Crippen molar-refractivity contribution in [1.29, 1.82) is 10.8 Å². The van der Waals surface area contributed by atoms with E-state index in [2.05, 4.69) is 10.6 Å². The van der Waals surface area contributed by atoms with E-state index in [-0.39, 0.29) is 5.91 Å². The zero-order valence-electron chi connectivity index (χ0n) is 13.7. The lowest BCUT2D eigenvalue weighted by atomic mass is 9.97. The zero-order chi connectivity index (χ0) is 17.7. The Labute approximate surface area is 141 Å². The van der Waals surface area contributed by atoms with E-state index in [0.29, 0.717) is 28.9 Å². The smallest absolute Gasteiger partial charge is 0.251 e. The predicted molar refractivity (Wildman–Crippen MR) is 98.7 cm³/mol. The van der Waals surface area contributed by atoms with Crippen molar-refractivity contribution in [3.63, 3.8) is 0 Å². The molecule has 2 aromatic rings. The standard InChI is InChI=1S/C18H21N5O/c1-22-17-6-3-11(7-13(17)10-19)8-16(21)14-9-12(18(24)23-2)4-5-15(14)20/h3-7,9-10,19,21-22H,8,20H2,1-2H3,(H,23,24). The fourth-order valence-corrected chi connectivity index (χ4v) is 2.47. The number of hydrogen-bond acceptors (Lipinski definition) is 5. The molecule has 0 aliphatic heterocycles. The molecule has 0 aromatic heterocycles. The van der Waals surface area contributed by atoms with Gasteiger partial charge in [-0.2, -0.15) is 0 Å². The van der Waals surface area contributed by atoms with Gasteiger partial charge in [-0.15, -0.1) is 0 Å². The zero-order valence-corrected chi connectivity index (χ0v) is 13.7. The predicted octanol–water partition coefficient (Wildman–Crippen LogP) is 2.28. The van der Waals surface area contributed by atoms with E-state index in [1.807, 2.05) is 18.2 Å². The number of amides is 1. The number of carbonyl (C=O) groups is 1. The second kappa shape index (κ2) is 7.41. The van der Waals surface area contributed by atoms with Crippen molar-refractivity contribution in [3.05, 3.63) is 58.7 Å². The molecule has 0 fully saturated rings. The van der Waals surface area contributed by atoms with Crippen molar-refractivity contribution in [2.24, 2.45) is 0 Å². The first kappa shape index (κ1) is 17.2. The summed E-state index contributed by atoms with van der Waals surface area (Å²) < 4.78 is 0. The molecule has 6 nitrogen and oxygen atoms in total. The molecule has 0 radical (unpaired) electrons. The number of nitrogen functional groups attached to an aromatic ring is 1. The first-order valence-electron chi connectivity index (χ1n) is 7.50. The minimum atomic E-state index is -0.214. The molecule has 24 heavy (non-hydrogen) atoms. The molecule has 0 atom stereocenters. The number of hydrogen-bond donors (Lipinski definition) is 5. The van der Waals surface area contributed by atoms with Gasteiger partial charge >= 0.3 is 0 Å². The van der Waals surface area contributed by atoms with E-state index in [1.54, 1.807) is 32.3 Å². The van der Waals surface area contributed by atoms with Crippen LogP contribution in [0, 0.1) is 10.8 Å². The van der Waals surface area contributed by atoms with Gasteiger partial charge in [0, 0.05) is 60.5 Å². The van der Waals surface area contributed by atoms with Crippen molar-refractivity contribution in [3.8, 4) is 0 Å². The van der Waals surface area contributed by atoms with Crippen molar-refractivity contribution < 1.29 is 4.79 Å². The van der Waals surface area contributed by atoms with Crippen LogP contribution in [-0.4, -0.2) is 31.9 Å². The third-order valence-corrected chi connectivity index (χ3v) is 3.79. The molecule has 0 bridgehead atoms. The summed E-state index contributed by atoms with van der Waals surface area (Å²) in [5, 5.41) is 21.4. The molecule has 0 saturated carbocycles. The van der Waals surface area contributed by atoms with Crippen LogP contribution in [0.5, 0.6) is 0 Å². The number of carbonyl (C=O) groups excluding carboxylic acids is 1. The highest BCUT2D eigenvalue weighted by atomic mass is 16.1. The second-order valence-electron chi connectivity index (χ2n) is 5.35. The molecule has 0 aliphatic rings. The van der Waals surface area contributed by atoms with Crippen LogP contribution in [0.25, 0.3) is 0 Å². The molecule has 0 aliphatic carbocycles. The fourth-order valence-electron chi connectivity index (χ4n) is 2.47. The van der Waals surface area contributed by atoms with Crippen LogP contribution in [0.2, 0.25) is 0 Å². The normalized spacial score (nSPS) is 10.1. The maximum atomic E-state index is 11.8. The Hall–Kier alpha value is -3.15. The van der Waals surface area contributed by atoms with Gasteiger partial charge in [-0.1, -0.05) is 6.07 Å². The van der Waals surface area contributed by atoms with Gasteiger partial charge in [0.1, 0.15) is 0 Å². The summed E-state index contributed by atoms with van der Waals surface area (Å²) >= 11 is 0. The van der Waals surface area contributed by atoms with Crippen LogP contribution in [-0.2, 0) is 6.42 Å². The Balaban J connectivity index is 2.30. The third kappa shape index (κ3) is 3.60. The molecule has 0 unspecified atom stereocenters. The Morgan fingerprint density at radius 2 is 1.96 bits per heavy atom. The van der Waals surface area contributed by atoms with Gasteiger partial charge in [0.15, 0.2) is 0 Å². The lowest BCUT2D eigenvalue weighted by molar-refractivity contribution is 0.0963. The van der Waals surface area contributed by atoms with Crippen LogP contribution >= 0.6 is 0 Å². The first-order valence-corrected chi connectivity index (χ1v) is 7.50. The van der Waals surface area contributed by atoms with Gasteiger partial charge in [0.25, 0.3) is 5.91 Å². The van der Waals surface area contributed by atoms with Gasteiger partial charge in [0.2, 0.25) is 0 Å². The van der Waals surface area contributed by atoms with E-state index in [0.717, 1.165) is 16.8 Å². The van der Waals surface area contributed by atoms with Gasteiger partial charge in [0.05, 0.1) is 0 Å². The summed E-state index contributed by atoms with van der Waals surface area (Å²) in [6.07, 6.45) is 1.64. The van der Waals surface area contributed by atoms with Crippen LogP contribution in [0.3, 0.4) is 0 Å². The van der Waals surface area contributed by atoms with Gasteiger partial charge in [-0.05, 0) is 35.9 Å². The summed E-state index contributed by atoms with van der Waals surface area (Å²) in [7, 11) is 3.36. The number of rotatable bonds is 6. The second-order valence-corrected chi connectivity index (χ2v) is 5.35. The molecule has 1 amide bonds. The average Bonchev–Trinajstić information content (AvgIpc) is 2.61. The minimum Gasteiger partial charge on any atom is -0.398 e. The molecule has 124 valence electrons. The molecule has 0 spiro atoms. The number of nitrogens with one attached hydrogen (secondary N) is 4. The molecular formula is C18H21N5O. The highest BCUT2D eigenvalue weighted by Crippen LogP contribution is 2.20. The number of benzene rings is 2. The number of nitrogens with two attached hydrogens (primary N) is 1. The highest BCUT2D eigenvalue weighted by Gasteiger charge is 2.12. The van der Waals surface area contributed by atoms with Crippen molar-refractivity contribution in [1.82, 2.24) is 5.32 Å². The van der Waals surface area contributed by atoms with Gasteiger partial charge < -0.3 is 27.2 Å². The Morgan fingerprint density at radius 3 is 2.58 bits per heavy atom. The fraction of sp³-hybridized carbons (Fsp3) is 0.167. The van der Waals surface area contributed by atoms with E-state index < -0.39 is 0 Å². The quantitative estimate of drug-likeness (QED) is 0.415. The summed E-state index contributed by atoms with van der Waals surface area (Å²) in [6.45, 7) is 0. The molecule has 6 N–H and O–H groups in total. The van der Waals surface area contributed by atoms with Crippen LogP contribution in [0.1, 0.15) is 27.0 Å². The highest BCUT2D eigenvalue weighted by molar-refractivity contribution is 6.06. The van der Waals surface area contributed by atoms with Gasteiger partial charge in [-0.25, -0.2) is 0 Å². The van der Waals surface area contributed by atoms with E-state index in [4.69, 9.17) is 16.6 Å². The van der Waals surface area contributed by atoms with E-state index >= 15 is 0 Å². The lowest BCUT2D eigenvalue weighted by Crippen LogP contribution is -2.19. The van der Waals surface area contributed by atoms with Crippen LogP contribution < -0.4 is 16.4 Å². The Morgan fingerprint density at radius 1 is 1.21 bits per heavy atom. The first-order chi connectivity index (χ1) is 11.5. The molecule has 0 saturated heterocycles. The Bertz CT molecular complexity index is 798. The van der Waals surface area contributed by atoms with Crippen LogP contribution in [0.4, 0.5) is 11.4 Å². The number of anilines is 2. The lowest BCUT2D eigenvalue weighted by Gasteiger charge is -2.11. The third-order valence-electron chi connectivity index (χ3n) is 3.79. The summed E-state index contributed by atoms with van der Waals surface area (Å²) in [5.74, 6) is -0.214. The monoisotopic (exact) mass is 323 g/mol. The van der Waals surface area contributed by atoms with Crippen LogP contribution in [0.15, 0.2) is 36.4 Å². The molecule has 2 rings (SSSR count). The maximum absolute atomic E-state index is 11.8. The Kier molecular flexibility index (Phi) is 5.31. The molecule has 6 heteroatoms. The van der Waals surface area contributed by atoms with Crippen molar-refractivity contribution in [2.75, 3.05) is 25.1 Å². The average molecular weight is 323 g/mol. The molecule has 0 heterocycles. The largest absolute Gasteiger partial charge is 0.398 e. The molecular weight excluding hydrogens is 302 g/mol.